The van der Waals surface area contributed by atoms with Gasteiger partial charge < -0.3 is 4.90 Å². The zero-order chi connectivity index (χ0) is 9.38. The first kappa shape index (κ1) is 8.04. The summed E-state index contributed by atoms with van der Waals surface area (Å²) in [7, 11) is 0. The maximum absolute atomic E-state index is 4.67. The Labute approximate surface area is 84.3 Å². The second-order valence-electron chi connectivity index (χ2n) is 3.99. The molecule has 0 aromatic heterocycles. The normalized spacial score (nSPS) is 19.7. The SMILES string of the molecule is c1ccc2c(c1)CN1CCCCN=C21. The molecular formula is C12H14N2. The molecule has 0 aliphatic carbocycles. The minimum Gasteiger partial charge on any atom is -0.352 e. The van der Waals surface area contributed by atoms with Crippen molar-refractivity contribution in [1.29, 1.82) is 0 Å². The molecule has 0 atom stereocenters. The highest BCUT2D eigenvalue weighted by Gasteiger charge is 2.25. The van der Waals surface area contributed by atoms with Gasteiger partial charge in [0.25, 0.3) is 0 Å². The first-order chi connectivity index (χ1) is 6.95. The van der Waals surface area contributed by atoms with E-state index < -0.39 is 0 Å². The molecule has 0 unspecified atom stereocenters. The van der Waals surface area contributed by atoms with Crippen molar-refractivity contribution in [2.75, 3.05) is 13.1 Å². The molecule has 14 heavy (non-hydrogen) atoms. The van der Waals surface area contributed by atoms with Gasteiger partial charge >= 0.3 is 0 Å². The van der Waals surface area contributed by atoms with Crippen molar-refractivity contribution < 1.29 is 0 Å². The van der Waals surface area contributed by atoms with Gasteiger partial charge in [0.15, 0.2) is 0 Å². The molecule has 2 nitrogen and oxygen atoms in total. The van der Waals surface area contributed by atoms with E-state index in [-0.39, 0.29) is 0 Å². The molecular weight excluding hydrogens is 172 g/mol. The molecule has 0 N–H and O–H groups in total. The second-order valence-corrected chi connectivity index (χ2v) is 3.99. The van der Waals surface area contributed by atoms with E-state index in [1.54, 1.807) is 0 Å². The Balaban J connectivity index is 2.07. The second kappa shape index (κ2) is 3.12. The molecule has 0 saturated carbocycles. The van der Waals surface area contributed by atoms with Gasteiger partial charge in [-0.05, 0) is 18.4 Å². The quantitative estimate of drug-likeness (QED) is 0.605. The van der Waals surface area contributed by atoms with Gasteiger partial charge in [0.1, 0.15) is 5.84 Å². The molecule has 2 aliphatic rings. The highest BCUT2D eigenvalue weighted by Crippen LogP contribution is 2.24. The molecule has 2 heterocycles. The molecule has 2 heteroatoms. The number of amidine groups is 1. The Morgan fingerprint density at radius 1 is 1.14 bits per heavy atom. The van der Waals surface area contributed by atoms with Gasteiger partial charge in [-0.15, -0.1) is 0 Å². The number of hydrogen-bond donors (Lipinski definition) is 0. The van der Waals surface area contributed by atoms with Crippen LogP contribution in [-0.2, 0) is 6.54 Å². The lowest BCUT2D eigenvalue weighted by Crippen LogP contribution is -2.24. The van der Waals surface area contributed by atoms with Crippen molar-refractivity contribution >= 4 is 5.84 Å². The van der Waals surface area contributed by atoms with Gasteiger partial charge in [-0.1, -0.05) is 24.3 Å². The van der Waals surface area contributed by atoms with Crippen LogP contribution in [0.25, 0.3) is 0 Å². The minimum absolute atomic E-state index is 1.00. The van der Waals surface area contributed by atoms with Crippen molar-refractivity contribution in [2.45, 2.75) is 19.4 Å². The fraction of sp³-hybridized carbons (Fsp3) is 0.417. The Bertz CT molecular complexity index is 382. The lowest BCUT2D eigenvalue weighted by atomic mass is 10.1. The van der Waals surface area contributed by atoms with Crippen LogP contribution in [0.4, 0.5) is 0 Å². The molecule has 0 bridgehead atoms. The lowest BCUT2D eigenvalue weighted by Gasteiger charge is -2.15. The Kier molecular flexibility index (Phi) is 1.79. The van der Waals surface area contributed by atoms with Crippen LogP contribution in [0, 0.1) is 0 Å². The van der Waals surface area contributed by atoms with Gasteiger partial charge in [-0.25, -0.2) is 0 Å². The molecule has 0 fully saturated rings. The molecule has 72 valence electrons. The van der Waals surface area contributed by atoms with Crippen LogP contribution < -0.4 is 0 Å². The summed E-state index contributed by atoms with van der Waals surface area (Å²) in [6, 6.07) is 8.63. The molecule has 2 aliphatic heterocycles. The van der Waals surface area contributed by atoms with Crippen molar-refractivity contribution in [3.05, 3.63) is 35.4 Å². The van der Waals surface area contributed by atoms with E-state index in [0.29, 0.717) is 0 Å². The largest absolute Gasteiger partial charge is 0.352 e. The maximum Gasteiger partial charge on any atom is 0.131 e. The van der Waals surface area contributed by atoms with E-state index >= 15 is 0 Å². The molecule has 1 aromatic carbocycles. The highest BCUT2D eigenvalue weighted by atomic mass is 15.2. The molecule has 0 saturated heterocycles. The minimum atomic E-state index is 1.00. The van der Waals surface area contributed by atoms with Crippen LogP contribution in [0.5, 0.6) is 0 Å². The predicted octanol–water partition coefficient (Wildman–Crippen LogP) is 2.04. The predicted molar refractivity (Wildman–Crippen MR) is 57.5 cm³/mol. The average molecular weight is 186 g/mol. The number of benzene rings is 1. The van der Waals surface area contributed by atoms with Crippen molar-refractivity contribution in [3.8, 4) is 0 Å². The summed E-state index contributed by atoms with van der Waals surface area (Å²) in [4.78, 5) is 7.08. The number of nitrogens with zero attached hydrogens (tertiary/aromatic N) is 2. The van der Waals surface area contributed by atoms with Crippen LogP contribution in [0.1, 0.15) is 24.0 Å². The number of fused-ring (bicyclic) bond motifs is 3. The summed E-state index contributed by atoms with van der Waals surface area (Å²) in [5, 5.41) is 0. The van der Waals surface area contributed by atoms with E-state index in [0.717, 1.165) is 13.1 Å². The summed E-state index contributed by atoms with van der Waals surface area (Å²) in [6.45, 7) is 3.24. The zero-order valence-corrected chi connectivity index (χ0v) is 8.24. The van der Waals surface area contributed by atoms with Crippen LogP contribution in [0.3, 0.4) is 0 Å². The summed E-state index contributed by atoms with van der Waals surface area (Å²) >= 11 is 0. The van der Waals surface area contributed by atoms with Crippen LogP contribution in [-0.4, -0.2) is 23.8 Å². The topological polar surface area (TPSA) is 15.6 Å². The van der Waals surface area contributed by atoms with Gasteiger partial charge in [0.2, 0.25) is 0 Å². The third kappa shape index (κ3) is 1.14. The third-order valence-electron chi connectivity index (χ3n) is 3.02. The molecule has 0 radical (unpaired) electrons. The van der Waals surface area contributed by atoms with E-state index in [9.17, 15) is 0 Å². The van der Waals surface area contributed by atoms with Gasteiger partial charge in [-0.2, -0.15) is 0 Å². The maximum atomic E-state index is 4.67. The van der Waals surface area contributed by atoms with Crippen molar-refractivity contribution in [1.82, 2.24) is 4.90 Å². The third-order valence-corrected chi connectivity index (χ3v) is 3.02. The molecule has 0 amide bonds. The van der Waals surface area contributed by atoms with Crippen LogP contribution in [0.15, 0.2) is 29.3 Å². The Morgan fingerprint density at radius 2 is 2.07 bits per heavy atom. The summed E-state index contributed by atoms with van der Waals surface area (Å²) in [5.74, 6) is 1.23. The lowest BCUT2D eigenvalue weighted by molar-refractivity contribution is 0.427. The number of aliphatic imine (C=N–C) groups is 1. The van der Waals surface area contributed by atoms with Crippen molar-refractivity contribution in [2.24, 2.45) is 4.99 Å². The van der Waals surface area contributed by atoms with E-state index in [2.05, 4.69) is 34.2 Å². The Morgan fingerprint density at radius 3 is 3.07 bits per heavy atom. The van der Waals surface area contributed by atoms with Crippen molar-refractivity contribution in [3.63, 3.8) is 0 Å². The van der Waals surface area contributed by atoms with Crippen LogP contribution in [0.2, 0.25) is 0 Å². The monoisotopic (exact) mass is 186 g/mol. The molecule has 0 spiro atoms. The summed E-state index contributed by atoms with van der Waals surface area (Å²) < 4.78 is 0. The van der Waals surface area contributed by atoms with Gasteiger partial charge in [-0.3, -0.25) is 4.99 Å². The average Bonchev–Trinajstić information content (AvgIpc) is 2.42. The summed E-state index contributed by atoms with van der Waals surface area (Å²) in [6.07, 6.45) is 2.52. The van der Waals surface area contributed by atoms with E-state index in [1.165, 1.54) is 36.3 Å². The zero-order valence-electron chi connectivity index (χ0n) is 8.24. The first-order valence-corrected chi connectivity index (χ1v) is 5.33. The smallest absolute Gasteiger partial charge is 0.131 e. The fourth-order valence-electron chi connectivity index (χ4n) is 2.30. The Hall–Kier alpha value is -1.31. The van der Waals surface area contributed by atoms with Crippen LogP contribution >= 0.6 is 0 Å². The first-order valence-electron chi connectivity index (χ1n) is 5.33. The highest BCUT2D eigenvalue weighted by molar-refractivity contribution is 6.02. The summed E-state index contributed by atoms with van der Waals surface area (Å²) in [5.41, 5.74) is 2.79. The molecule has 3 rings (SSSR count). The fourth-order valence-corrected chi connectivity index (χ4v) is 2.30. The molecule has 1 aromatic rings. The van der Waals surface area contributed by atoms with Gasteiger partial charge in [0, 0.05) is 25.2 Å². The standard InChI is InChI=1S/C12H14N2/c1-2-6-11-10(5-1)9-14-8-4-3-7-13-12(11)14/h1-2,5-6H,3-4,7-9H2. The van der Waals surface area contributed by atoms with E-state index in [4.69, 9.17) is 0 Å². The van der Waals surface area contributed by atoms with Gasteiger partial charge in [0.05, 0.1) is 0 Å². The number of hydrogen-bond acceptors (Lipinski definition) is 2. The van der Waals surface area contributed by atoms with E-state index in [1.807, 2.05) is 0 Å². The number of rotatable bonds is 0.